The van der Waals surface area contributed by atoms with Crippen molar-refractivity contribution in [1.29, 1.82) is 5.26 Å². The van der Waals surface area contributed by atoms with Gasteiger partial charge in [-0.25, -0.2) is 4.98 Å². The molecule has 1 heterocycles. The smallest absolute Gasteiger partial charge is 0.282 e. The molecule has 34 heavy (non-hydrogen) atoms. The zero-order valence-corrected chi connectivity index (χ0v) is 23.8. The number of nitriles is 1. The molecule has 0 saturated heterocycles. The Kier molecular flexibility index (Phi) is 8.00. The van der Waals surface area contributed by atoms with Crippen LogP contribution in [0, 0.1) is 18.5 Å². The Hall–Kier alpha value is -2.30. The summed E-state index contributed by atoms with van der Waals surface area (Å²) in [5, 5.41) is 14.3. The van der Waals surface area contributed by atoms with Gasteiger partial charge in [0, 0.05) is 16.5 Å². The van der Waals surface area contributed by atoms with Gasteiger partial charge >= 0.3 is 0 Å². The van der Waals surface area contributed by atoms with E-state index in [-0.39, 0.29) is 5.56 Å². The van der Waals surface area contributed by atoms with Crippen molar-refractivity contribution in [3.05, 3.63) is 99.1 Å². The predicted octanol–water partition coefficient (Wildman–Crippen LogP) is 6.26. The summed E-state index contributed by atoms with van der Waals surface area (Å²) in [5.74, 6) is 1.34. The molecule has 0 fully saturated rings. The second-order valence-electron chi connectivity index (χ2n) is 7.28. The normalized spacial score (nSPS) is 11.1. The Bertz CT molecular complexity index is 1500. The van der Waals surface area contributed by atoms with E-state index in [9.17, 15) is 10.1 Å². The topological polar surface area (TPSA) is 80.3 Å². The number of nitrogens with zero attached hydrogens (tertiary/aromatic N) is 4. The van der Waals surface area contributed by atoms with Gasteiger partial charge in [0.1, 0.15) is 18.2 Å². The molecule has 0 radical (unpaired) electrons. The predicted molar refractivity (Wildman–Crippen MR) is 153 cm³/mol. The molecular weight excluding hydrogens is 722 g/mol. The van der Waals surface area contributed by atoms with Crippen LogP contribution in [0.1, 0.15) is 29.4 Å². The molecule has 3 aromatic carbocycles. The van der Waals surface area contributed by atoms with E-state index in [1.165, 1.54) is 4.68 Å². The molecule has 0 saturated carbocycles. The summed E-state index contributed by atoms with van der Waals surface area (Å²) >= 11 is 7.86. The molecule has 0 aliphatic rings. The maximum atomic E-state index is 13.1. The summed E-state index contributed by atoms with van der Waals surface area (Å²) in [6.45, 7) is 2.25. The van der Waals surface area contributed by atoms with Crippen LogP contribution in [0.2, 0.25) is 0 Å². The Balaban J connectivity index is 1.63. The molecular formula is C25H17BrI2N4O2. The highest BCUT2D eigenvalue weighted by atomic mass is 127. The van der Waals surface area contributed by atoms with E-state index in [2.05, 4.69) is 77.3 Å². The van der Waals surface area contributed by atoms with Gasteiger partial charge in [-0.1, -0.05) is 41.1 Å². The van der Waals surface area contributed by atoms with Crippen molar-refractivity contribution in [3.8, 4) is 11.8 Å². The minimum absolute atomic E-state index is 0.208. The molecule has 0 bridgehead atoms. The van der Waals surface area contributed by atoms with Gasteiger partial charge in [0.2, 0.25) is 0 Å². The minimum Gasteiger partial charge on any atom is -0.487 e. The van der Waals surface area contributed by atoms with Crippen LogP contribution in [0.15, 0.2) is 69.0 Å². The van der Waals surface area contributed by atoms with Crippen molar-refractivity contribution in [2.45, 2.75) is 20.0 Å². The number of benzene rings is 3. The standard InChI is InChI=1S/C25H17BrI2N4O2/c1-2-23-31-22-8-7-18(26)11-19(22)25(33)32(23)30-13-15-9-20(27)24(21(28)10-15)34-14-17-6-4-3-5-16(17)12-29/h3-11,13H,2,14H2,1H3. The van der Waals surface area contributed by atoms with E-state index in [1.54, 1.807) is 18.3 Å². The van der Waals surface area contributed by atoms with Crippen molar-refractivity contribution in [3.63, 3.8) is 0 Å². The van der Waals surface area contributed by atoms with Crippen molar-refractivity contribution < 1.29 is 4.74 Å². The highest BCUT2D eigenvalue weighted by Gasteiger charge is 2.12. The molecule has 1 aromatic heterocycles. The van der Waals surface area contributed by atoms with Gasteiger partial charge in [0.25, 0.3) is 5.56 Å². The largest absolute Gasteiger partial charge is 0.487 e. The van der Waals surface area contributed by atoms with E-state index in [4.69, 9.17) is 4.74 Å². The number of aryl methyl sites for hydroxylation is 1. The highest BCUT2D eigenvalue weighted by Crippen LogP contribution is 2.29. The number of hydrogen-bond acceptors (Lipinski definition) is 5. The molecule has 6 nitrogen and oxygen atoms in total. The summed E-state index contributed by atoms with van der Waals surface area (Å²) in [4.78, 5) is 17.7. The maximum Gasteiger partial charge on any atom is 0.282 e. The van der Waals surface area contributed by atoms with Gasteiger partial charge in [0.05, 0.1) is 35.9 Å². The van der Waals surface area contributed by atoms with Crippen molar-refractivity contribution in [2.75, 3.05) is 0 Å². The lowest BCUT2D eigenvalue weighted by Gasteiger charge is -2.12. The van der Waals surface area contributed by atoms with E-state index >= 15 is 0 Å². The van der Waals surface area contributed by atoms with E-state index < -0.39 is 0 Å². The average molecular weight is 739 g/mol. The van der Waals surface area contributed by atoms with Gasteiger partial charge in [0.15, 0.2) is 0 Å². The summed E-state index contributed by atoms with van der Waals surface area (Å²) in [6, 6.07) is 18.9. The molecule has 0 aliphatic carbocycles. The first-order valence-electron chi connectivity index (χ1n) is 10.3. The SMILES string of the molecule is CCc1nc2ccc(Br)cc2c(=O)n1N=Cc1cc(I)c(OCc2ccccc2C#N)c(I)c1. The van der Waals surface area contributed by atoms with Crippen molar-refractivity contribution >= 4 is 78.2 Å². The number of fused-ring (bicyclic) bond motifs is 1. The van der Waals surface area contributed by atoms with Crippen LogP contribution in [0.4, 0.5) is 0 Å². The first-order chi connectivity index (χ1) is 16.4. The zero-order valence-electron chi connectivity index (χ0n) is 17.9. The van der Waals surface area contributed by atoms with E-state index in [0.717, 1.165) is 28.5 Å². The summed E-state index contributed by atoms with van der Waals surface area (Å²) in [5.41, 5.74) is 2.72. The lowest BCUT2D eigenvalue weighted by Crippen LogP contribution is -2.22. The highest BCUT2D eigenvalue weighted by molar-refractivity contribution is 14.1. The van der Waals surface area contributed by atoms with E-state index in [0.29, 0.717) is 35.3 Å². The lowest BCUT2D eigenvalue weighted by atomic mass is 10.1. The van der Waals surface area contributed by atoms with Crippen LogP contribution >= 0.6 is 61.1 Å². The molecule has 0 spiro atoms. The number of aromatic nitrogens is 2. The Labute approximate surface area is 232 Å². The molecule has 0 N–H and O–H groups in total. The van der Waals surface area contributed by atoms with E-state index in [1.807, 2.05) is 49.4 Å². The van der Waals surface area contributed by atoms with Gasteiger partial charge in [-0.2, -0.15) is 15.0 Å². The second-order valence-corrected chi connectivity index (χ2v) is 10.5. The van der Waals surface area contributed by atoms with Gasteiger partial charge in [-0.3, -0.25) is 4.79 Å². The molecule has 0 unspecified atom stereocenters. The first-order valence-corrected chi connectivity index (χ1v) is 13.2. The Morgan fingerprint density at radius 3 is 2.62 bits per heavy atom. The second kappa shape index (κ2) is 11.0. The third kappa shape index (κ3) is 5.34. The molecule has 170 valence electrons. The number of hydrogen-bond donors (Lipinski definition) is 0. The first kappa shape index (κ1) is 24.8. The summed E-state index contributed by atoms with van der Waals surface area (Å²) in [6.07, 6.45) is 2.23. The van der Waals surface area contributed by atoms with Crippen LogP contribution in [-0.2, 0) is 13.0 Å². The van der Waals surface area contributed by atoms with Crippen molar-refractivity contribution in [1.82, 2.24) is 9.66 Å². The van der Waals surface area contributed by atoms with Crippen LogP contribution in [0.25, 0.3) is 10.9 Å². The maximum absolute atomic E-state index is 13.1. The third-order valence-corrected chi connectivity index (χ3v) is 7.14. The van der Waals surface area contributed by atoms with Crippen LogP contribution < -0.4 is 10.3 Å². The van der Waals surface area contributed by atoms with Gasteiger partial charge in [-0.15, -0.1) is 0 Å². The van der Waals surface area contributed by atoms with Gasteiger partial charge in [-0.05, 0) is 87.1 Å². The molecule has 4 aromatic rings. The quantitative estimate of drug-likeness (QED) is 0.173. The lowest BCUT2D eigenvalue weighted by molar-refractivity contribution is 0.301. The van der Waals surface area contributed by atoms with Crippen LogP contribution in [0.3, 0.4) is 0 Å². The molecule has 0 atom stereocenters. The molecule has 9 heteroatoms. The Morgan fingerprint density at radius 2 is 1.91 bits per heavy atom. The number of ether oxygens (including phenoxy) is 1. The Morgan fingerprint density at radius 1 is 1.18 bits per heavy atom. The molecule has 4 rings (SSSR count). The van der Waals surface area contributed by atoms with Crippen LogP contribution in [-0.4, -0.2) is 15.9 Å². The summed E-state index contributed by atoms with van der Waals surface area (Å²) < 4.78 is 10.0. The summed E-state index contributed by atoms with van der Waals surface area (Å²) in [7, 11) is 0. The van der Waals surface area contributed by atoms with Crippen LogP contribution in [0.5, 0.6) is 5.75 Å². The number of rotatable bonds is 6. The van der Waals surface area contributed by atoms with Gasteiger partial charge < -0.3 is 4.74 Å². The minimum atomic E-state index is -0.208. The monoisotopic (exact) mass is 738 g/mol. The fourth-order valence-corrected chi connectivity index (χ4v) is 5.85. The fraction of sp³-hybridized carbons (Fsp3) is 0.120. The van der Waals surface area contributed by atoms with Crippen molar-refractivity contribution in [2.24, 2.45) is 5.10 Å². The average Bonchev–Trinajstić information content (AvgIpc) is 2.83. The zero-order chi connectivity index (χ0) is 24.2. The molecule has 0 amide bonds. The molecule has 0 aliphatic heterocycles. The number of halogens is 3. The third-order valence-electron chi connectivity index (χ3n) is 5.04. The fourth-order valence-electron chi connectivity index (χ4n) is 3.36.